The molecule has 8 heteroatoms. The zero-order valence-electron chi connectivity index (χ0n) is 20.5. The van der Waals surface area contributed by atoms with Crippen LogP contribution in [0.4, 0.5) is 0 Å². The fourth-order valence-electron chi connectivity index (χ4n) is 10.7. The molecule has 0 aromatic heterocycles. The SMILES string of the molecule is CCN1C[C@]2(COC)CC[C@H](OC)[C@]34C1[C@@](O)([C@@H](OC)[C@H]23)[C@@]1(O)C[C@H](OC)[C@H]2C[C@@H]4[C@@H]1C2=O. The molecule has 0 aromatic carbocycles. The van der Waals surface area contributed by atoms with Crippen molar-refractivity contribution in [3.8, 4) is 0 Å². The van der Waals surface area contributed by atoms with Crippen molar-refractivity contribution in [3.63, 3.8) is 0 Å². The van der Waals surface area contributed by atoms with E-state index in [1.54, 1.807) is 28.4 Å². The van der Waals surface area contributed by atoms with Crippen LogP contribution in [0.25, 0.3) is 0 Å². The number of ether oxygens (including phenoxy) is 4. The molecule has 1 spiro atoms. The van der Waals surface area contributed by atoms with Gasteiger partial charge in [0.05, 0.1) is 36.9 Å². The molecule has 1 saturated heterocycles. The predicted octanol–water partition coefficient (Wildman–Crippen LogP) is 0.479. The van der Waals surface area contributed by atoms with E-state index < -0.39 is 34.7 Å². The molecule has 1 heterocycles. The van der Waals surface area contributed by atoms with E-state index in [0.717, 1.165) is 25.9 Å². The highest BCUT2D eigenvalue weighted by Crippen LogP contribution is 2.79. The monoisotopic (exact) mass is 465 g/mol. The molecule has 1 aliphatic heterocycles. The van der Waals surface area contributed by atoms with Crippen molar-refractivity contribution in [2.24, 2.45) is 34.5 Å². The Balaban J connectivity index is 1.68. The normalized spacial score (nSPS) is 58.7. The molecule has 1 unspecified atom stereocenters. The number of piperidine rings is 1. The molecule has 6 aliphatic rings. The lowest BCUT2D eigenvalue weighted by atomic mass is 9.42. The molecule has 0 radical (unpaired) electrons. The van der Waals surface area contributed by atoms with Crippen LogP contribution in [0.2, 0.25) is 0 Å². The Morgan fingerprint density at radius 3 is 2.48 bits per heavy atom. The number of likely N-dealkylation sites (N-methyl/N-ethyl adjacent to an activating group) is 1. The summed E-state index contributed by atoms with van der Waals surface area (Å²) in [6, 6.07) is -0.353. The Kier molecular flexibility index (Phi) is 4.84. The molecule has 0 amide bonds. The topological polar surface area (TPSA) is 97.7 Å². The van der Waals surface area contributed by atoms with Crippen LogP contribution < -0.4 is 0 Å². The minimum atomic E-state index is -1.61. The lowest BCUT2D eigenvalue weighted by Gasteiger charge is -2.69. The molecule has 186 valence electrons. The fourth-order valence-corrected chi connectivity index (χ4v) is 10.7. The number of rotatable bonds is 6. The molecular weight excluding hydrogens is 426 g/mol. The molecule has 7 bridgehead atoms. The summed E-state index contributed by atoms with van der Waals surface area (Å²) in [5.41, 5.74) is -3.95. The van der Waals surface area contributed by atoms with Crippen LogP contribution in [0.15, 0.2) is 0 Å². The van der Waals surface area contributed by atoms with Crippen LogP contribution in [0, 0.1) is 34.5 Å². The predicted molar refractivity (Wildman–Crippen MR) is 118 cm³/mol. The van der Waals surface area contributed by atoms with Crippen molar-refractivity contribution < 1.29 is 34.0 Å². The van der Waals surface area contributed by atoms with E-state index in [-0.39, 0.29) is 47.5 Å². The van der Waals surface area contributed by atoms with Crippen LogP contribution in [0.3, 0.4) is 0 Å². The first-order chi connectivity index (χ1) is 15.8. The Hall–Kier alpha value is -0.610. The highest BCUT2D eigenvalue weighted by molar-refractivity contribution is 5.90. The van der Waals surface area contributed by atoms with Gasteiger partial charge in [-0.3, -0.25) is 9.69 Å². The second-order valence-electron chi connectivity index (χ2n) is 11.7. The lowest BCUT2D eigenvalue weighted by Crippen LogP contribution is -2.81. The van der Waals surface area contributed by atoms with Gasteiger partial charge in [-0.15, -0.1) is 0 Å². The first kappa shape index (κ1) is 22.8. The van der Waals surface area contributed by atoms with Crippen LogP contribution in [-0.4, -0.2) is 105 Å². The summed E-state index contributed by atoms with van der Waals surface area (Å²) in [6.45, 7) is 4.19. The molecule has 5 aliphatic carbocycles. The highest BCUT2D eigenvalue weighted by Gasteiger charge is 2.91. The maximum absolute atomic E-state index is 13.8. The van der Waals surface area contributed by atoms with Gasteiger partial charge < -0.3 is 29.2 Å². The summed E-state index contributed by atoms with van der Waals surface area (Å²) in [6.07, 6.45) is 1.53. The van der Waals surface area contributed by atoms with E-state index in [4.69, 9.17) is 18.9 Å². The second kappa shape index (κ2) is 6.99. The number of Topliss-reactive ketones (excluding diaryl/α,β-unsaturated/α-hetero) is 1. The number of aliphatic hydroxyl groups is 2. The smallest absolute Gasteiger partial charge is 0.144 e. The summed E-state index contributed by atoms with van der Waals surface area (Å²) in [5.74, 6) is -0.972. The van der Waals surface area contributed by atoms with E-state index in [2.05, 4.69) is 11.8 Å². The third-order valence-corrected chi connectivity index (χ3v) is 11.2. The number of carbonyl (C=O) groups is 1. The number of fused-ring (bicyclic) bond motifs is 2. The van der Waals surface area contributed by atoms with Gasteiger partial charge in [0, 0.05) is 64.1 Å². The van der Waals surface area contributed by atoms with Crippen molar-refractivity contribution in [3.05, 3.63) is 0 Å². The van der Waals surface area contributed by atoms with Gasteiger partial charge in [0.15, 0.2) is 0 Å². The molecule has 6 rings (SSSR count). The van der Waals surface area contributed by atoms with Crippen molar-refractivity contribution in [2.45, 2.75) is 68.2 Å². The Labute approximate surface area is 195 Å². The quantitative estimate of drug-likeness (QED) is 0.585. The molecule has 6 fully saturated rings. The third-order valence-electron chi connectivity index (χ3n) is 11.2. The van der Waals surface area contributed by atoms with Gasteiger partial charge in [-0.05, 0) is 31.7 Å². The van der Waals surface area contributed by atoms with E-state index in [0.29, 0.717) is 13.0 Å². The van der Waals surface area contributed by atoms with Gasteiger partial charge in [-0.25, -0.2) is 0 Å². The van der Waals surface area contributed by atoms with Crippen LogP contribution >= 0.6 is 0 Å². The number of ketones is 1. The molecular formula is C25H39NO7. The summed E-state index contributed by atoms with van der Waals surface area (Å²) in [5, 5.41) is 25.4. The van der Waals surface area contributed by atoms with Crippen LogP contribution in [0.5, 0.6) is 0 Å². The Bertz CT molecular complexity index is 855. The van der Waals surface area contributed by atoms with Crippen molar-refractivity contribution >= 4 is 5.78 Å². The zero-order valence-corrected chi connectivity index (χ0v) is 20.5. The maximum Gasteiger partial charge on any atom is 0.144 e. The van der Waals surface area contributed by atoms with E-state index >= 15 is 0 Å². The first-order valence-corrected chi connectivity index (χ1v) is 12.6. The largest absolute Gasteiger partial charge is 0.386 e. The van der Waals surface area contributed by atoms with Crippen molar-refractivity contribution in [1.29, 1.82) is 0 Å². The summed E-state index contributed by atoms with van der Waals surface area (Å²) in [4.78, 5) is 16.1. The number of hydrogen-bond acceptors (Lipinski definition) is 8. The van der Waals surface area contributed by atoms with Crippen LogP contribution in [0.1, 0.15) is 32.6 Å². The van der Waals surface area contributed by atoms with E-state index in [1.165, 1.54) is 0 Å². The molecule has 0 aromatic rings. The second-order valence-corrected chi connectivity index (χ2v) is 11.7. The lowest BCUT2D eigenvalue weighted by molar-refractivity contribution is -0.301. The van der Waals surface area contributed by atoms with Gasteiger partial charge in [-0.2, -0.15) is 0 Å². The van der Waals surface area contributed by atoms with Gasteiger partial charge >= 0.3 is 0 Å². The minimum Gasteiger partial charge on any atom is -0.386 e. The Morgan fingerprint density at radius 2 is 1.88 bits per heavy atom. The maximum atomic E-state index is 13.8. The van der Waals surface area contributed by atoms with Crippen molar-refractivity contribution in [1.82, 2.24) is 4.90 Å². The van der Waals surface area contributed by atoms with Crippen molar-refractivity contribution in [2.75, 3.05) is 48.1 Å². The number of carbonyl (C=O) groups excluding carboxylic acids is 1. The standard InChI is InChI=1S/C25H39NO7/c1-6-26-11-22(12-30-2)8-7-16(32-4)24-14-9-13-15(31-3)10-23(28,17(14)18(13)27)25(29,21(24)26)20(33-5)19(22)24/h13-17,19-21,28-29H,6-12H2,1-5H3/t13-,14-,15+,16+,17-,19-,20+,21?,22+,23-,24+,25+/m1/s1. The van der Waals surface area contributed by atoms with Gasteiger partial charge in [-0.1, -0.05) is 6.92 Å². The third kappa shape index (κ3) is 2.15. The molecule has 2 N–H and O–H groups in total. The minimum absolute atomic E-state index is 0.0498. The van der Waals surface area contributed by atoms with Gasteiger partial charge in [0.25, 0.3) is 0 Å². The van der Waals surface area contributed by atoms with E-state index in [1.807, 2.05) is 0 Å². The number of methoxy groups -OCH3 is 4. The number of nitrogens with zero attached hydrogens (tertiary/aromatic N) is 1. The molecule has 33 heavy (non-hydrogen) atoms. The van der Waals surface area contributed by atoms with Gasteiger partial charge in [0.2, 0.25) is 0 Å². The summed E-state index contributed by atoms with van der Waals surface area (Å²) < 4.78 is 24.1. The Morgan fingerprint density at radius 1 is 1.12 bits per heavy atom. The van der Waals surface area contributed by atoms with Gasteiger partial charge in [0.1, 0.15) is 17.0 Å². The molecule has 8 nitrogen and oxygen atoms in total. The van der Waals surface area contributed by atoms with E-state index in [9.17, 15) is 15.0 Å². The average molecular weight is 466 g/mol. The molecule has 5 saturated carbocycles. The number of hydrogen-bond donors (Lipinski definition) is 2. The van der Waals surface area contributed by atoms with Crippen LogP contribution in [-0.2, 0) is 23.7 Å². The summed E-state index contributed by atoms with van der Waals surface area (Å²) in [7, 11) is 6.75. The fraction of sp³-hybridized carbons (Fsp3) is 0.960. The summed E-state index contributed by atoms with van der Waals surface area (Å²) >= 11 is 0. The molecule has 12 atom stereocenters. The average Bonchev–Trinajstić information content (AvgIpc) is 3.16. The zero-order chi connectivity index (χ0) is 23.6. The number of likely N-dealkylation sites (tertiary alicyclic amines) is 1. The first-order valence-electron chi connectivity index (χ1n) is 12.6. The highest BCUT2D eigenvalue weighted by atomic mass is 16.5.